The van der Waals surface area contributed by atoms with Gasteiger partial charge in [-0.05, 0) is 32.5 Å². The van der Waals surface area contributed by atoms with Crippen molar-refractivity contribution in [1.29, 1.82) is 0 Å². The van der Waals surface area contributed by atoms with Gasteiger partial charge in [-0.2, -0.15) is 0 Å². The Morgan fingerprint density at radius 2 is 2.07 bits per heavy atom. The number of fused-ring (bicyclic) bond motifs is 1. The third kappa shape index (κ3) is 1.65. The Bertz CT molecular complexity index is 457. The maximum Gasteiger partial charge on any atom is 0.0483 e. The number of hydrogen-bond acceptors (Lipinski definition) is 1. The monoisotopic (exact) mass is 202 g/mol. The number of hydrogen-bond donors (Lipinski definition) is 1. The first-order chi connectivity index (χ1) is 7.27. The van der Waals surface area contributed by atoms with E-state index in [1.165, 1.54) is 16.5 Å². The molecule has 0 radical (unpaired) electrons. The normalized spacial score (nSPS) is 13.3. The van der Waals surface area contributed by atoms with Gasteiger partial charge in [-0.15, -0.1) is 0 Å². The molecule has 1 aromatic carbocycles. The predicted molar refractivity (Wildman–Crippen MR) is 65.1 cm³/mol. The SMILES string of the molecule is CCn1cc([C@@H](C)NC)c2ccccc21. The van der Waals surface area contributed by atoms with Gasteiger partial charge in [0.15, 0.2) is 0 Å². The van der Waals surface area contributed by atoms with Crippen molar-refractivity contribution in [1.82, 2.24) is 9.88 Å². The minimum Gasteiger partial charge on any atom is -0.347 e. The third-order valence-electron chi connectivity index (χ3n) is 3.06. The molecule has 1 heterocycles. The van der Waals surface area contributed by atoms with Crippen LogP contribution in [0.1, 0.15) is 25.5 Å². The van der Waals surface area contributed by atoms with Crippen LogP contribution >= 0.6 is 0 Å². The first kappa shape index (κ1) is 10.2. The number of benzene rings is 1. The molecule has 0 fully saturated rings. The lowest BCUT2D eigenvalue weighted by atomic mass is 10.1. The Morgan fingerprint density at radius 3 is 2.73 bits per heavy atom. The lowest BCUT2D eigenvalue weighted by Gasteiger charge is -2.07. The summed E-state index contributed by atoms with van der Waals surface area (Å²) < 4.78 is 2.30. The molecule has 80 valence electrons. The van der Waals surface area contributed by atoms with E-state index in [4.69, 9.17) is 0 Å². The summed E-state index contributed by atoms with van der Waals surface area (Å²) in [5.41, 5.74) is 2.71. The Hall–Kier alpha value is -1.28. The molecule has 1 N–H and O–H groups in total. The van der Waals surface area contributed by atoms with Crippen LogP contribution in [0.4, 0.5) is 0 Å². The van der Waals surface area contributed by atoms with Crippen LogP contribution in [0.25, 0.3) is 10.9 Å². The molecule has 0 saturated carbocycles. The van der Waals surface area contributed by atoms with Gasteiger partial charge in [0.2, 0.25) is 0 Å². The second kappa shape index (κ2) is 4.07. The van der Waals surface area contributed by atoms with Crippen LogP contribution < -0.4 is 5.32 Å². The van der Waals surface area contributed by atoms with Crippen molar-refractivity contribution in [3.63, 3.8) is 0 Å². The van der Waals surface area contributed by atoms with E-state index in [9.17, 15) is 0 Å². The largest absolute Gasteiger partial charge is 0.347 e. The summed E-state index contributed by atoms with van der Waals surface area (Å²) in [5.74, 6) is 0. The van der Waals surface area contributed by atoms with E-state index in [-0.39, 0.29) is 0 Å². The molecule has 0 amide bonds. The lowest BCUT2D eigenvalue weighted by Crippen LogP contribution is -2.11. The van der Waals surface area contributed by atoms with Gasteiger partial charge in [-0.25, -0.2) is 0 Å². The Balaban J connectivity index is 2.65. The van der Waals surface area contributed by atoms with Crippen LogP contribution in [0.5, 0.6) is 0 Å². The van der Waals surface area contributed by atoms with Crippen molar-refractivity contribution in [2.45, 2.75) is 26.4 Å². The number of aryl methyl sites for hydroxylation is 1. The molecule has 0 unspecified atom stereocenters. The van der Waals surface area contributed by atoms with E-state index >= 15 is 0 Å². The maximum absolute atomic E-state index is 3.30. The van der Waals surface area contributed by atoms with E-state index in [1.807, 2.05) is 7.05 Å². The molecule has 15 heavy (non-hydrogen) atoms. The molecule has 0 aliphatic carbocycles. The first-order valence-corrected chi connectivity index (χ1v) is 5.53. The molecule has 1 aromatic heterocycles. The van der Waals surface area contributed by atoms with Crippen molar-refractivity contribution in [2.24, 2.45) is 0 Å². The molecule has 0 saturated heterocycles. The fraction of sp³-hybridized carbons (Fsp3) is 0.385. The second-order valence-electron chi connectivity index (χ2n) is 3.90. The highest BCUT2D eigenvalue weighted by molar-refractivity contribution is 5.84. The van der Waals surface area contributed by atoms with Gasteiger partial charge in [-0.3, -0.25) is 0 Å². The van der Waals surface area contributed by atoms with Crippen molar-refractivity contribution in [2.75, 3.05) is 7.05 Å². The van der Waals surface area contributed by atoms with Gasteiger partial charge >= 0.3 is 0 Å². The smallest absolute Gasteiger partial charge is 0.0483 e. The summed E-state index contributed by atoms with van der Waals surface area (Å²) in [7, 11) is 2.00. The highest BCUT2D eigenvalue weighted by Gasteiger charge is 2.11. The molecule has 2 rings (SSSR count). The summed E-state index contributed by atoms with van der Waals surface area (Å²) in [6.07, 6.45) is 2.26. The lowest BCUT2D eigenvalue weighted by molar-refractivity contribution is 0.651. The van der Waals surface area contributed by atoms with Crippen LogP contribution in [-0.4, -0.2) is 11.6 Å². The zero-order valence-corrected chi connectivity index (χ0v) is 9.62. The molecule has 0 spiro atoms. The van der Waals surface area contributed by atoms with Crippen LogP contribution in [0.2, 0.25) is 0 Å². The van der Waals surface area contributed by atoms with Crippen molar-refractivity contribution >= 4 is 10.9 Å². The van der Waals surface area contributed by atoms with Crippen LogP contribution in [0.3, 0.4) is 0 Å². The summed E-state index contributed by atoms with van der Waals surface area (Å²) in [5, 5.41) is 4.66. The van der Waals surface area contributed by atoms with Crippen molar-refractivity contribution < 1.29 is 0 Å². The summed E-state index contributed by atoms with van der Waals surface area (Å²) in [4.78, 5) is 0. The minimum absolute atomic E-state index is 0.405. The molecule has 2 heteroatoms. The summed E-state index contributed by atoms with van der Waals surface area (Å²) >= 11 is 0. The van der Waals surface area contributed by atoms with Gasteiger partial charge in [0.1, 0.15) is 0 Å². The molecule has 1 atom stereocenters. The van der Waals surface area contributed by atoms with E-state index in [0.717, 1.165) is 6.54 Å². The highest BCUT2D eigenvalue weighted by atomic mass is 15.0. The van der Waals surface area contributed by atoms with Crippen LogP contribution in [0.15, 0.2) is 30.5 Å². The first-order valence-electron chi connectivity index (χ1n) is 5.53. The van der Waals surface area contributed by atoms with E-state index in [1.54, 1.807) is 0 Å². The fourth-order valence-electron chi connectivity index (χ4n) is 2.04. The molecular weight excluding hydrogens is 184 g/mol. The topological polar surface area (TPSA) is 17.0 Å². The van der Waals surface area contributed by atoms with Crippen molar-refractivity contribution in [3.05, 3.63) is 36.0 Å². The van der Waals surface area contributed by atoms with E-state index < -0.39 is 0 Å². The van der Waals surface area contributed by atoms with Gasteiger partial charge in [0.05, 0.1) is 0 Å². The summed E-state index contributed by atoms with van der Waals surface area (Å²) in [6, 6.07) is 8.99. The van der Waals surface area contributed by atoms with Gasteiger partial charge in [0, 0.05) is 29.7 Å². The number of nitrogens with one attached hydrogen (secondary N) is 1. The molecule has 0 aliphatic heterocycles. The third-order valence-corrected chi connectivity index (χ3v) is 3.06. The molecule has 0 bridgehead atoms. The second-order valence-corrected chi connectivity index (χ2v) is 3.90. The molecule has 0 aliphatic rings. The van der Waals surface area contributed by atoms with Crippen molar-refractivity contribution in [3.8, 4) is 0 Å². The average Bonchev–Trinajstić information content (AvgIpc) is 2.67. The zero-order chi connectivity index (χ0) is 10.8. The quantitative estimate of drug-likeness (QED) is 0.809. The fourth-order valence-corrected chi connectivity index (χ4v) is 2.04. The van der Waals surface area contributed by atoms with E-state index in [0.29, 0.717) is 6.04 Å². The predicted octanol–water partition coefficient (Wildman–Crippen LogP) is 2.94. The Kier molecular flexibility index (Phi) is 2.78. The number of nitrogens with zero attached hydrogens (tertiary/aromatic N) is 1. The Morgan fingerprint density at radius 1 is 1.33 bits per heavy atom. The highest BCUT2D eigenvalue weighted by Crippen LogP contribution is 2.25. The Labute approximate surface area is 90.9 Å². The summed E-state index contributed by atoms with van der Waals surface area (Å²) in [6.45, 7) is 5.40. The molecule has 2 nitrogen and oxygen atoms in total. The minimum atomic E-state index is 0.405. The number of para-hydroxylation sites is 1. The van der Waals surface area contributed by atoms with Gasteiger partial charge < -0.3 is 9.88 Å². The van der Waals surface area contributed by atoms with E-state index in [2.05, 4.69) is 54.2 Å². The van der Waals surface area contributed by atoms with Gasteiger partial charge in [-0.1, -0.05) is 18.2 Å². The average molecular weight is 202 g/mol. The van der Waals surface area contributed by atoms with Gasteiger partial charge in [0.25, 0.3) is 0 Å². The van der Waals surface area contributed by atoms with Crippen LogP contribution in [-0.2, 0) is 6.54 Å². The standard InChI is InChI=1S/C13H18N2/c1-4-15-9-12(10(2)14-3)11-7-5-6-8-13(11)15/h5-10,14H,4H2,1-3H3/t10-/m1/s1. The van der Waals surface area contributed by atoms with Crippen LogP contribution in [0, 0.1) is 0 Å². The number of rotatable bonds is 3. The molecule has 2 aromatic rings. The molecular formula is C13H18N2. The maximum atomic E-state index is 3.30. The zero-order valence-electron chi connectivity index (χ0n) is 9.62. The number of aromatic nitrogens is 1.